The smallest absolute Gasteiger partial charge is 0.151 e. The normalized spacial score (nSPS) is 11.0. The number of halogens is 2. The standard InChI is InChI=1S/C13H8BrFN2O/c14-7-4-5-11(18)8(6-7)13-16-10-3-1-2-9(15)12(10)17-13/h1-6,18H,(H,16,17). The molecule has 0 aliphatic rings. The fourth-order valence-electron chi connectivity index (χ4n) is 1.82. The molecular formula is C13H8BrFN2O. The molecular weight excluding hydrogens is 299 g/mol. The van der Waals surface area contributed by atoms with Crippen molar-refractivity contribution in [2.75, 3.05) is 0 Å². The topological polar surface area (TPSA) is 48.9 Å². The van der Waals surface area contributed by atoms with Gasteiger partial charge in [-0.05, 0) is 30.3 Å². The van der Waals surface area contributed by atoms with Crippen molar-refractivity contribution in [2.45, 2.75) is 0 Å². The molecule has 1 aromatic heterocycles. The van der Waals surface area contributed by atoms with Gasteiger partial charge >= 0.3 is 0 Å². The number of phenols is 1. The predicted molar refractivity (Wildman–Crippen MR) is 70.9 cm³/mol. The minimum atomic E-state index is -0.385. The second kappa shape index (κ2) is 4.10. The number of nitrogens with one attached hydrogen (secondary N) is 1. The first kappa shape index (κ1) is 11.2. The molecule has 0 amide bonds. The van der Waals surface area contributed by atoms with Crippen LogP contribution in [0.5, 0.6) is 5.75 Å². The van der Waals surface area contributed by atoms with Gasteiger partial charge in [-0.25, -0.2) is 9.37 Å². The molecule has 3 aromatic rings. The number of aromatic amines is 1. The molecule has 0 spiro atoms. The van der Waals surface area contributed by atoms with Gasteiger partial charge in [-0.2, -0.15) is 0 Å². The summed E-state index contributed by atoms with van der Waals surface area (Å²) in [4.78, 5) is 7.16. The lowest BCUT2D eigenvalue weighted by Gasteiger charge is -2.01. The molecule has 0 atom stereocenters. The van der Waals surface area contributed by atoms with E-state index in [-0.39, 0.29) is 17.1 Å². The highest BCUT2D eigenvalue weighted by Crippen LogP contribution is 2.31. The van der Waals surface area contributed by atoms with Crippen molar-refractivity contribution >= 4 is 27.0 Å². The van der Waals surface area contributed by atoms with Crippen molar-refractivity contribution in [1.29, 1.82) is 0 Å². The zero-order valence-electron chi connectivity index (χ0n) is 9.11. The highest BCUT2D eigenvalue weighted by atomic mass is 79.9. The number of phenolic OH excluding ortho intramolecular Hbond substituents is 1. The molecule has 0 saturated heterocycles. The van der Waals surface area contributed by atoms with E-state index in [1.54, 1.807) is 30.3 Å². The molecule has 3 nitrogen and oxygen atoms in total. The Morgan fingerprint density at radius 2 is 2.06 bits per heavy atom. The molecule has 5 heteroatoms. The summed E-state index contributed by atoms with van der Waals surface area (Å²) in [6.45, 7) is 0. The van der Waals surface area contributed by atoms with Gasteiger partial charge < -0.3 is 10.1 Å². The van der Waals surface area contributed by atoms with Crippen molar-refractivity contribution in [3.8, 4) is 17.1 Å². The van der Waals surface area contributed by atoms with Crippen LogP contribution in [0.2, 0.25) is 0 Å². The van der Waals surface area contributed by atoms with Crippen LogP contribution in [-0.2, 0) is 0 Å². The quantitative estimate of drug-likeness (QED) is 0.717. The average molecular weight is 307 g/mol. The Bertz CT molecular complexity index is 739. The summed E-state index contributed by atoms with van der Waals surface area (Å²) in [6, 6.07) is 9.72. The van der Waals surface area contributed by atoms with Crippen molar-refractivity contribution < 1.29 is 9.50 Å². The summed E-state index contributed by atoms with van der Waals surface area (Å²) in [6.07, 6.45) is 0. The second-order valence-electron chi connectivity index (χ2n) is 3.88. The Kier molecular flexibility index (Phi) is 2.56. The van der Waals surface area contributed by atoms with Crippen LogP contribution < -0.4 is 0 Å². The largest absolute Gasteiger partial charge is 0.507 e. The van der Waals surface area contributed by atoms with Gasteiger partial charge in [0, 0.05) is 4.47 Å². The van der Waals surface area contributed by atoms with Gasteiger partial charge in [0.25, 0.3) is 0 Å². The molecule has 0 aliphatic carbocycles. The Morgan fingerprint density at radius 1 is 1.22 bits per heavy atom. The third-order valence-electron chi connectivity index (χ3n) is 2.68. The van der Waals surface area contributed by atoms with Crippen LogP contribution in [0.4, 0.5) is 4.39 Å². The average Bonchev–Trinajstić information content (AvgIpc) is 2.77. The summed E-state index contributed by atoms with van der Waals surface area (Å²) in [5.41, 5.74) is 1.40. The summed E-state index contributed by atoms with van der Waals surface area (Å²) < 4.78 is 14.4. The molecule has 2 N–H and O–H groups in total. The van der Waals surface area contributed by atoms with Gasteiger partial charge in [0.05, 0.1) is 11.1 Å². The van der Waals surface area contributed by atoms with E-state index >= 15 is 0 Å². The van der Waals surface area contributed by atoms with Gasteiger partial charge in [-0.1, -0.05) is 22.0 Å². The first-order valence-electron chi connectivity index (χ1n) is 5.28. The fraction of sp³-hybridized carbons (Fsp3) is 0. The number of hydrogen-bond donors (Lipinski definition) is 2. The Morgan fingerprint density at radius 3 is 2.83 bits per heavy atom. The highest BCUT2D eigenvalue weighted by Gasteiger charge is 2.12. The number of benzene rings is 2. The SMILES string of the molecule is Oc1ccc(Br)cc1-c1nc2c(F)cccc2[nH]1. The molecule has 0 fully saturated rings. The lowest BCUT2D eigenvalue weighted by atomic mass is 10.2. The van der Waals surface area contributed by atoms with Crippen LogP contribution in [0, 0.1) is 5.82 Å². The number of imidazole rings is 1. The van der Waals surface area contributed by atoms with E-state index in [0.717, 1.165) is 4.47 Å². The Balaban J connectivity index is 2.26. The van der Waals surface area contributed by atoms with Crippen molar-refractivity contribution in [3.05, 3.63) is 46.7 Å². The third kappa shape index (κ3) is 1.76. The summed E-state index contributed by atoms with van der Waals surface area (Å²) >= 11 is 3.33. The lowest BCUT2D eigenvalue weighted by Crippen LogP contribution is -1.82. The minimum Gasteiger partial charge on any atom is -0.507 e. The van der Waals surface area contributed by atoms with Crippen LogP contribution in [0.25, 0.3) is 22.4 Å². The predicted octanol–water partition coefficient (Wildman–Crippen LogP) is 3.84. The van der Waals surface area contributed by atoms with Crippen LogP contribution in [0.15, 0.2) is 40.9 Å². The highest BCUT2D eigenvalue weighted by molar-refractivity contribution is 9.10. The monoisotopic (exact) mass is 306 g/mol. The number of fused-ring (bicyclic) bond motifs is 1. The number of H-pyrrole nitrogens is 1. The van der Waals surface area contributed by atoms with Gasteiger partial charge in [-0.15, -0.1) is 0 Å². The Hall–Kier alpha value is -1.88. The van der Waals surface area contributed by atoms with Crippen LogP contribution in [0.1, 0.15) is 0 Å². The van der Waals surface area contributed by atoms with E-state index in [9.17, 15) is 9.50 Å². The van der Waals surface area contributed by atoms with Gasteiger partial charge in [-0.3, -0.25) is 0 Å². The van der Waals surface area contributed by atoms with Crippen LogP contribution >= 0.6 is 15.9 Å². The van der Waals surface area contributed by atoms with E-state index < -0.39 is 0 Å². The van der Waals surface area contributed by atoms with E-state index in [4.69, 9.17) is 0 Å². The molecule has 0 aliphatic heterocycles. The first-order chi connectivity index (χ1) is 8.65. The number of aromatic hydroxyl groups is 1. The number of aromatic nitrogens is 2. The van der Waals surface area contributed by atoms with Crippen LogP contribution in [-0.4, -0.2) is 15.1 Å². The number of para-hydroxylation sites is 1. The van der Waals surface area contributed by atoms with Crippen molar-refractivity contribution in [3.63, 3.8) is 0 Å². The molecule has 18 heavy (non-hydrogen) atoms. The second-order valence-corrected chi connectivity index (χ2v) is 4.80. The zero-order chi connectivity index (χ0) is 12.7. The Labute approximate surface area is 110 Å². The fourth-order valence-corrected chi connectivity index (χ4v) is 2.18. The maximum atomic E-state index is 13.5. The van der Waals surface area contributed by atoms with Gasteiger partial charge in [0.1, 0.15) is 17.1 Å². The van der Waals surface area contributed by atoms with Crippen molar-refractivity contribution in [1.82, 2.24) is 9.97 Å². The number of hydrogen-bond acceptors (Lipinski definition) is 2. The zero-order valence-corrected chi connectivity index (χ0v) is 10.7. The molecule has 3 rings (SSSR count). The van der Waals surface area contributed by atoms with Crippen molar-refractivity contribution in [2.24, 2.45) is 0 Å². The molecule has 0 saturated carbocycles. The third-order valence-corrected chi connectivity index (χ3v) is 3.17. The maximum Gasteiger partial charge on any atom is 0.151 e. The van der Waals surface area contributed by atoms with E-state index in [1.165, 1.54) is 6.07 Å². The molecule has 2 aromatic carbocycles. The van der Waals surface area contributed by atoms with E-state index in [1.807, 2.05) is 0 Å². The molecule has 0 unspecified atom stereocenters. The molecule has 0 radical (unpaired) electrons. The van der Waals surface area contributed by atoms with Gasteiger partial charge in [0.2, 0.25) is 0 Å². The van der Waals surface area contributed by atoms with Crippen LogP contribution in [0.3, 0.4) is 0 Å². The summed E-state index contributed by atoms with van der Waals surface area (Å²) in [5, 5.41) is 9.81. The minimum absolute atomic E-state index is 0.0951. The van der Waals surface area contributed by atoms with E-state index in [0.29, 0.717) is 16.9 Å². The lowest BCUT2D eigenvalue weighted by molar-refractivity contribution is 0.477. The maximum absolute atomic E-state index is 13.5. The molecule has 1 heterocycles. The molecule has 0 bridgehead atoms. The number of nitrogens with zero attached hydrogens (tertiary/aromatic N) is 1. The first-order valence-corrected chi connectivity index (χ1v) is 6.07. The molecule has 90 valence electrons. The summed E-state index contributed by atoms with van der Waals surface area (Å²) in [5.74, 6) is 0.149. The number of rotatable bonds is 1. The van der Waals surface area contributed by atoms with E-state index in [2.05, 4.69) is 25.9 Å². The summed E-state index contributed by atoms with van der Waals surface area (Å²) in [7, 11) is 0. The van der Waals surface area contributed by atoms with Gasteiger partial charge in [0.15, 0.2) is 5.82 Å².